The number of hydrogen-bond acceptors (Lipinski definition) is 3. The molecule has 3 aromatic carbocycles. The van der Waals surface area contributed by atoms with Crippen LogP contribution < -0.4 is 15.4 Å². The summed E-state index contributed by atoms with van der Waals surface area (Å²) in [6.07, 6.45) is 2.07. The minimum Gasteiger partial charge on any atom is -0.507 e. The van der Waals surface area contributed by atoms with Crippen LogP contribution in [0.4, 0.5) is 0 Å². The molecule has 0 saturated heterocycles. The fourth-order valence-electron chi connectivity index (χ4n) is 3.58. The van der Waals surface area contributed by atoms with Crippen LogP contribution in [0, 0.1) is 0 Å². The summed E-state index contributed by atoms with van der Waals surface area (Å²) in [6.45, 7) is 0. The minimum atomic E-state index is -0.0580. The fourth-order valence-corrected chi connectivity index (χ4v) is 4.32. The summed E-state index contributed by atoms with van der Waals surface area (Å²) in [5.74, 6) is 1.07. The number of phenolic OH excluding ortho intramolecular Hbond substituents is 1. The molecule has 4 N–H and O–H groups in total. The van der Waals surface area contributed by atoms with E-state index in [2.05, 4.69) is 38.7 Å². The summed E-state index contributed by atoms with van der Waals surface area (Å²) in [4.78, 5) is 0. The number of methoxy groups -OCH3 is 1. The fraction of sp³-hybridized carbons (Fsp3) is 0.130. The molecule has 148 valence electrons. The third kappa shape index (κ3) is 4.27. The molecule has 0 fully saturated rings. The standard InChI is InChI=1S/C23H20BrClN2O2/c1-29-22-10-9-15(12-18(22)24)23-26-19(14-5-4-6-16(25)11-14)13-20(27-23)17-7-2-3-8-21(17)28/h2-13,20,23,26-28H,1H3/p+1. The van der Waals surface area contributed by atoms with Gasteiger partial charge in [-0.1, -0.05) is 35.9 Å². The van der Waals surface area contributed by atoms with Crippen molar-refractivity contribution < 1.29 is 15.2 Å². The molecule has 2 atom stereocenters. The van der Waals surface area contributed by atoms with Crippen LogP contribution in [-0.2, 0) is 0 Å². The van der Waals surface area contributed by atoms with E-state index in [0.29, 0.717) is 5.02 Å². The summed E-state index contributed by atoms with van der Waals surface area (Å²) in [5.41, 5.74) is 3.93. The summed E-state index contributed by atoms with van der Waals surface area (Å²) in [6, 6.07) is 21.2. The molecule has 4 nitrogen and oxygen atoms in total. The zero-order valence-corrected chi connectivity index (χ0v) is 18.1. The quantitative estimate of drug-likeness (QED) is 0.513. The monoisotopic (exact) mass is 471 g/mol. The van der Waals surface area contributed by atoms with E-state index >= 15 is 0 Å². The van der Waals surface area contributed by atoms with Crippen molar-refractivity contribution >= 4 is 33.2 Å². The number of aromatic hydroxyl groups is 1. The van der Waals surface area contributed by atoms with Gasteiger partial charge in [-0.3, -0.25) is 0 Å². The van der Waals surface area contributed by atoms with Crippen molar-refractivity contribution in [3.8, 4) is 11.5 Å². The van der Waals surface area contributed by atoms with Gasteiger partial charge in [-0.25, -0.2) is 0 Å². The van der Waals surface area contributed by atoms with Crippen LogP contribution in [0.25, 0.3) is 5.70 Å². The number of rotatable bonds is 4. The Labute approximate surface area is 183 Å². The van der Waals surface area contributed by atoms with Gasteiger partial charge >= 0.3 is 0 Å². The van der Waals surface area contributed by atoms with Crippen molar-refractivity contribution in [3.05, 3.63) is 99.0 Å². The molecule has 1 aliphatic heterocycles. The van der Waals surface area contributed by atoms with Gasteiger partial charge in [0.25, 0.3) is 0 Å². The highest BCUT2D eigenvalue weighted by atomic mass is 79.9. The topological polar surface area (TPSA) is 58.1 Å². The van der Waals surface area contributed by atoms with Crippen molar-refractivity contribution in [2.24, 2.45) is 0 Å². The molecule has 1 aliphatic rings. The SMILES string of the molecule is COc1ccc(C2NC(c3cccc(Cl)c3)=CC(c3ccccc3O)[NH2+]2)cc1Br. The maximum Gasteiger partial charge on any atom is 0.186 e. The Balaban J connectivity index is 1.76. The molecular weight excluding hydrogens is 452 g/mol. The van der Waals surface area contributed by atoms with Crippen LogP contribution >= 0.6 is 27.5 Å². The van der Waals surface area contributed by atoms with E-state index in [0.717, 1.165) is 32.6 Å². The van der Waals surface area contributed by atoms with Gasteiger partial charge in [-0.05, 0) is 64.0 Å². The number of ether oxygens (including phenoxy) is 1. The van der Waals surface area contributed by atoms with Crippen molar-refractivity contribution in [1.29, 1.82) is 0 Å². The Hall–Kier alpha value is -2.47. The second kappa shape index (κ2) is 8.49. The molecule has 3 aromatic rings. The normalized spacial score (nSPS) is 18.7. The first kappa shape index (κ1) is 19.8. The highest BCUT2D eigenvalue weighted by Crippen LogP contribution is 2.32. The van der Waals surface area contributed by atoms with Crippen molar-refractivity contribution in [2.45, 2.75) is 12.2 Å². The predicted molar refractivity (Wildman–Crippen MR) is 119 cm³/mol. The van der Waals surface area contributed by atoms with E-state index < -0.39 is 0 Å². The predicted octanol–water partition coefficient (Wildman–Crippen LogP) is 4.76. The van der Waals surface area contributed by atoms with Gasteiger partial charge in [0.15, 0.2) is 6.17 Å². The van der Waals surface area contributed by atoms with Crippen LogP contribution in [-0.4, -0.2) is 12.2 Å². The number of nitrogens with one attached hydrogen (secondary N) is 1. The number of halogens is 2. The number of quaternary nitrogens is 1. The van der Waals surface area contributed by atoms with Crippen LogP contribution in [0.3, 0.4) is 0 Å². The number of nitrogens with two attached hydrogens (primary N) is 1. The number of benzene rings is 3. The molecule has 0 aromatic heterocycles. The smallest absolute Gasteiger partial charge is 0.186 e. The maximum atomic E-state index is 10.4. The molecule has 6 heteroatoms. The zero-order chi connectivity index (χ0) is 20.4. The lowest BCUT2D eigenvalue weighted by Crippen LogP contribution is -2.89. The van der Waals surface area contributed by atoms with Crippen molar-refractivity contribution in [2.75, 3.05) is 7.11 Å². The van der Waals surface area contributed by atoms with Gasteiger partial charge in [0.2, 0.25) is 0 Å². The summed E-state index contributed by atoms with van der Waals surface area (Å²) < 4.78 is 6.25. The molecule has 0 saturated carbocycles. The number of phenols is 1. The van der Waals surface area contributed by atoms with E-state index in [1.54, 1.807) is 13.2 Å². The van der Waals surface area contributed by atoms with Crippen molar-refractivity contribution in [3.63, 3.8) is 0 Å². The van der Waals surface area contributed by atoms with Gasteiger partial charge < -0.3 is 20.5 Å². The average molecular weight is 473 g/mol. The molecule has 29 heavy (non-hydrogen) atoms. The molecule has 0 spiro atoms. The van der Waals surface area contributed by atoms with Gasteiger partial charge in [0, 0.05) is 22.4 Å². The summed E-state index contributed by atoms with van der Waals surface area (Å²) in [5, 5.41) is 16.9. The first-order chi connectivity index (χ1) is 14.0. The van der Waals surface area contributed by atoms with Crippen LogP contribution in [0.2, 0.25) is 5.02 Å². The van der Waals surface area contributed by atoms with E-state index in [1.807, 2.05) is 54.6 Å². The highest BCUT2D eigenvalue weighted by molar-refractivity contribution is 9.10. The maximum absolute atomic E-state index is 10.4. The molecular formula is C23H21BrClN2O2+. The van der Waals surface area contributed by atoms with Crippen LogP contribution in [0.15, 0.2) is 77.3 Å². The lowest BCUT2D eigenvalue weighted by atomic mass is 9.98. The molecule has 4 rings (SSSR count). The van der Waals surface area contributed by atoms with Crippen LogP contribution in [0.5, 0.6) is 11.5 Å². The lowest BCUT2D eigenvalue weighted by Gasteiger charge is -2.30. The molecule has 0 aliphatic carbocycles. The zero-order valence-electron chi connectivity index (χ0n) is 15.8. The van der Waals surface area contributed by atoms with E-state index in [9.17, 15) is 5.11 Å². The van der Waals surface area contributed by atoms with Gasteiger partial charge in [0.05, 0.1) is 17.1 Å². The van der Waals surface area contributed by atoms with Gasteiger partial charge in [-0.2, -0.15) is 0 Å². The third-order valence-electron chi connectivity index (χ3n) is 5.02. The largest absolute Gasteiger partial charge is 0.507 e. The summed E-state index contributed by atoms with van der Waals surface area (Å²) >= 11 is 9.80. The summed E-state index contributed by atoms with van der Waals surface area (Å²) in [7, 11) is 1.65. The Kier molecular flexibility index (Phi) is 5.81. The van der Waals surface area contributed by atoms with Gasteiger partial charge in [-0.15, -0.1) is 0 Å². The first-order valence-electron chi connectivity index (χ1n) is 9.26. The number of para-hydroxylation sites is 1. The molecule has 2 unspecified atom stereocenters. The minimum absolute atomic E-state index is 0.0548. The second-order valence-corrected chi connectivity index (χ2v) is 8.17. The molecule has 0 bridgehead atoms. The van der Waals surface area contributed by atoms with Gasteiger partial charge in [0.1, 0.15) is 17.5 Å². The number of hydrogen-bond donors (Lipinski definition) is 3. The molecule has 0 radical (unpaired) electrons. The Bertz CT molecular complexity index is 1070. The Morgan fingerprint density at radius 1 is 1.07 bits per heavy atom. The first-order valence-corrected chi connectivity index (χ1v) is 10.4. The van der Waals surface area contributed by atoms with E-state index in [4.69, 9.17) is 16.3 Å². The second-order valence-electron chi connectivity index (χ2n) is 6.88. The Morgan fingerprint density at radius 3 is 2.62 bits per heavy atom. The molecule has 1 heterocycles. The lowest BCUT2D eigenvalue weighted by molar-refractivity contribution is -0.731. The third-order valence-corrected chi connectivity index (χ3v) is 5.88. The van der Waals surface area contributed by atoms with E-state index in [-0.39, 0.29) is 18.0 Å². The van der Waals surface area contributed by atoms with E-state index in [1.165, 1.54) is 0 Å². The Morgan fingerprint density at radius 2 is 1.90 bits per heavy atom. The average Bonchev–Trinajstić information content (AvgIpc) is 2.73. The van der Waals surface area contributed by atoms with Crippen molar-refractivity contribution in [1.82, 2.24) is 5.32 Å². The molecule has 0 amide bonds. The van der Waals surface area contributed by atoms with Crippen LogP contribution in [0.1, 0.15) is 28.9 Å². The highest BCUT2D eigenvalue weighted by Gasteiger charge is 2.29.